The van der Waals surface area contributed by atoms with E-state index >= 15 is 0 Å². The molecule has 1 aromatic heterocycles. The molecule has 6 heteroatoms. The van der Waals surface area contributed by atoms with E-state index in [-0.39, 0.29) is 11.9 Å². The molecule has 0 N–H and O–H groups in total. The van der Waals surface area contributed by atoms with Crippen LogP contribution >= 0.6 is 0 Å². The molecule has 0 radical (unpaired) electrons. The molecule has 1 aromatic rings. The predicted molar refractivity (Wildman–Crippen MR) is 63.6 cm³/mol. The van der Waals surface area contributed by atoms with Crippen molar-refractivity contribution < 1.29 is 4.92 Å². The smallest absolute Gasteiger partial charge is 0.363 e. The number of nitriles is 1. The van der Waals surface area contributed by atoms with Gasteiger partial charge in [-0.25, -0.2) is 0 Å². The molecule has 0 unspecified atom stereocenters. The van der Waals surface area contributed by atoms with Crippen LogP contribution in [-0.2, 0) is 0 Å². The van der Waals surface area contributed by atoms with Crippen LogP contribution in [0.25, 0.3) is 0 Å². The number of pyridine rings is 1. The van der Waals surface area contributed by atoms with Gasteiger partial charge in [-0.15, -0.1) is 0 Å². The minimum absolute atomic E-state index is 0.169. The molecule has 0 aromatic carbocycles. The molecule has 0 aliphatic rings. The van der Waals surface area contributed by atoms with E-state index in [1.54, 1.807) is 6.07 Å². The Bertz CT molecular complexity index is 422. The van der Waals surface area contributed by atoms with Crippen molar-refractivity contribution in [1.29, 1.82) is 5.26 Å². The van der Waals surface area contributed by atoms with Gasteiger partial charge in [0, 0.05) is 18.7 Å². The minimum Gasteiger partial charge on any atom is -0.365 e. The average Bonchev–Trinajstić information content (AvgIpc) is 2.29. The molecule has 0 aliphatic heterocycles. The molecule has 0 aliphatic carbocycles. The van der Waals surface area contributed by atoms with E-state index in [2.05, 4.69) is 11.1 Å². The molecule has 0 spiro atoms. The summed E-state index contributed by atoms with van der Waals surface area (Å²) in [7, 11) is 0. The van der Waals surface area contributed by atoms with Crippen molar-refractivity contribution in [2.45, 2.75) is 26.3 Å². The first-order valence-corrected chi connectivity index (χ1v) is 5.30. The van der Waals surface area contributed by atoms with Gasteiger partial charge in [0.1, 0.15) is 0 Å². The fourth-order valence-corrected chi connectivity index (χ4v) is 1.51. The van der Waals surface area contributed by atoms with Gasteiger partial charge in [0.25, 0.3) is 0 Å². The van der Waals surface area contributed by atoms with Crippen molar-refractivity contribution in [2.24, 2.45) is 0 Å². The lowest BCUT2D eigenvalue weighted by Gasteiger charge is -2.26. The molecule has 1 rings (SSSR count). The summed E-state index contributed by atoms with van der Waals surface area (Å²) in [5, 5.41) is 19.1. The molecule has 6 nitrogen and oxygen atoms in total. The molecular weight excluding hydrogens is 220 g/mol. The second-order valence-corrected chi connectivity index (χ2v) is 3.83. The monoisotopic (exact) mass is 234 g/mol. The SMILES string of the molecule is CC(C)N(CCC#N)c1ccc([N+](=O)[O-])nc1. The lowest BCUT2D eigenvalue weighted by Crippen LogP contribution is -2.31. The van der Waals surface area contributed by atoms with Gasteiger partial charge in [-0.1, -0.05) is 0 Å². The van der Waals surface area contributed by atoms with Crippen molar-refractivity contribution in [3.8, 4) is 6.07 Å². The number of aromatic nitrogens is 1. The summed E-state index contributed by atoms with van der Waals surface area (Å²) in [6.07, 6.45) is 1.88. The van der Waals surface area contributed by atoms with Crippen molar-refractivity contribution in [1.82, 2.24) is 4.98 Å². The third-order valence-electron chi connectivity index (χ3n) is 2.34. The van der Waals surface area contributed by atoms with Crippen LogP contribution in [0.4, 0.5) is 11.5 Å². The zero-order valence-electron chi connectivity index (χ0n) is 9.83. The Balaban J connectivity index is 2.88. The first-order valence-electron chi connectivity index (χ1n) is 5.30. The Morgan fingerprint density at radius 2 is 2.29 bits per heavy atom. The molecule has 0 saturated heterocycles. The van der Waals surface area contributed by atoms with Gasteiger partial charge in [-0.3, -0.25) is 0 Å². The van der Waals surface area contributed by atoms with Crippen molar-refractivity contribution >= 4 is 11.5 Å². The predicted octanol–water partition coefficient (Wildman–Crippen LogP) is 2.12. The third-order valence-corrected chi connectivity index (χ3v) is 2.34. The first kappa shape index (κ1) is 12.9. The van der Waals surface area contributed by atoms with E-state index in [0.717, 1.165) is 5.69 Å². The molecule has 0 atom stereocenters. The maximum atomic E-state index is 10.5. The zero-order chi connectivity index (χ0) is 12.8. The summed E-state index contributed by atoms with van der Waals surface area (Å²) in [5.41, 5.74) is 0.792. The summed E-state index contributed by atoms with van der Waals surface area (Å²) in [5.74, 6) is -0.169. The molecule has 1 heterocycles. The number of rotatable bonds is 5. The lowest BCUT2D eigenvalue weighted by molar-refractivity contribution is -0.389. The van der Waals surface area contributed by atoms with Crippen LogP contribution in [0.15, 0.2) is 18.3 Å². The molecule has 0 saturated carbocycles. The molecule has 90 valence electrons. The van der Waals surface area contributed by atoms with E-state index < -0.39 is 4.92 Å². The molecule has 0 fully saturated rings. The highest BCUT2D eigenvalue weighted by molar-refractivity contribution is 5.47. The third kappa shape index (κ3) is 3.41. The maximum absolute atomic E-state index is 10.5. The summed E-state index contributed by atoms with van der Waals surface area (Å²) in [6.45, 7) is 4.59. The molecule has 0 bridgehead atoms. The highest BCUT2D eigenvalue weighted by Crippen LogP contribution is 2.18. The van der Waals surface area contributed by atoms with Crippen LogP contribution in [0.1, 0.15) is 20.3 Å². The van der Waals surface area contributed by atoms with E-state index in [1.165, 1.54) is 12.3 Å². The number of hydrogen-bond donors (Lipinski definition) is 0. The largest absolute Gasteiger partial charge is 0.365 e. The van der Waals surface area contributed by atoms with E-state index in [9.17, 15) is 10.1 Å². The van der Waals surface area contributed by atoms with Gasteiger partial charge in [0.05, 0.1) is 18.2 Å². The van der Waals surface area contributed by atoms with Crippen LogP contribution in [-0.4, -0.2) is 22.5 Å². The van der Waals surface area contributed by atoms with E-state index in [4.69, 9.17) is 5.26 Å². The van der Waals surface area contributed by atoms with Gasteiger partial charge in [0.15, 0.2) is 6.20 Å². The zero-order valence-corrected chi connectivity index (χ0v) is 9.83. The summed E-state index contributed by atoms with van der Waals surface area (Å²) in [4.78, 5) is 15.7. The van der Waals surface area contributed by atoms with Gasteiger partial charge in [-0.05, 0) is 29.8 Å². The van der Waals surface area contributed by atoms with E-state index in [0.29, 0.717) is 13.0 Å². The first-order chi connectivity index (χ1) is 8.06. The average molecular weight is 234 g/mol. The Labute approximate surface area is 99.6 Å². The van der Waals surface area contributed by atoms with Crippen molar-refractivity contribution in [3.05, 3.63) is 28.4 Å². The standard InChI is InChI=1S/C11H14N4O2/c1-9(2)14(7-3-6-12)10-4-5-11(13-8-10)15(16)17/h4-5,8-9H,3,7H2,1-2H3. The number of hydrogen-bond acceptors (Lipinski definition) is 5. The summed E-state index contributed by atoms with van der Waals surface area (Å²) >= 11 is 0. The minimum atomic E-state index is -0.529. The van der Waals surface area contributed by atoms with Gasteiger partial charge >= 0.3 is 5.82 Å². The summed E-state index contributed by atoms with van der Waals surface area (Å²) in [6, 6.07) is 5.32. The van der Waals surface area contributed by atoms with Crippen molar-refractivity contribution in [2.75, 3.05) is 11.4 Å². The molecule has 17 heavy (non-hydrogen) atoms. The number of nitro groups is 1. The fraction of sp³-hybridized carbons (Fsp3) is 0.455. The van der Waals surface area contributed by atoms with Crippen molar-refractivity contribution in [3.63, 3.8) is 0 Å². The van der Waals surface area contributed by atoms with E-state index in [1.807, 2.05) is 18.7 Å². The van der Waals surface area contributed by atoms with Crippen LogP contribution < -0.4 is 4.90 Å². The van der Waals surface area contributed by atoms with Gasteiger partial charge in [0.2, 0.25) is 0 Å². The maximum Gasteiger partial charge on any atom is 0.363 e. The highest BCUT2D eigenvalue weighted by atomic mass is 16.6. The topological polar surface area (TPSA) is 83.1 Å². The Morgan fingerprint density at radius 3 is 2.71 bits per heavy atom. The Kier molecular flexibility index (Phi) is 4.40. The normalized spacial score (nSPS) is 10.0. The Morgan fingerprint density at radius 1 is 1.59 bits per heavy atom. The Hall–Kier alpha value is -2.16. The lowest BCUT2D eigenvalue weighted by atomic mass is 10.2. The highest BCUT2D eigenvalue weighted by Gasteiger charge is 2.14. The second-order valence-electron chi connectivity index (χ2n) is 3.83. The summed E-state index contributed by atoms with van der Waals surface area (Å²) < 4.78 is 0. The second kappa shape index (κ2) is 5.80. The quantitative estimate of drug-likeness (QED) is 0.575. The molecule has 0 amide bonds. The van der Waals surface area contributed by atoms with Gasteiger partial charge in [-0.2, -0.15) is 5.26 Å². The van der Waals surface area contributed by atoms with Gasteiger partial charge < -0.3 is 15.0 Å². The fourth-order valence-electron chi connectivity index (χ4n) is 1.51. The number of anilines is 1. The van der Waals surface area contributed by atoms with Crippen LogP contribution in [0, 0.1) is 21.4 Å². The van der Waals surface area contributed by atoms with Crippen LogP contribution in [0.3, 0.4) is 0 Å². The van der Waals surface area contributed by atoms with Crippen LogP contribution in [0.5, 0.6) is 0 Å². The number of nitrogens with zero attached hydrogens (tertiary/aromatic N) is 4. The molecular formula is C11H14N4O2. The van der Waals surface area contributed by atoms with Crippen LogP contribution in [0.2, 0.25) is 0 Å².